The highest BCUT2D eigenvalue weighted by Gasteiger charge is 2.15. The molecule has 0 aliphatic rings. The molecule has 6 heteroatoms. The number of hydrogen-bond acceptors (Lipinski definition) is 4. The fraction of sp³-hybridized carbons (Fsp3) is 0.167. The third-order valence-corrected chi connectivity index (χ3v) is 4.53. The van der Waals surface area contributed by atoms with E-state index in [1.807, 2.05) is 24.3 Å². The van der Waals surface area contributed by atoms with Gasteiger partial charge >= 0.3 is 0 Å². The Bertz CT molecular complexity index is 999. The van der Waals surface area contributed by atoms with Gasteiger partial charge in [0.05, 0.1) is 7.11 Å². The first-order chi connectivity index (χ1) is 14.5. The van der Waals surface area contributed by atoms with Crippen LogP contribution in [0.4, 0.5) is 4.39 Å². The maximum atomic E-state index is 13.0. The molecule has 0 radical (unpaired) electrons. The summed E-state index contributed by atoms with van der Waals surface area (Å²) in [6, 6.07) is 19.3. The average Bonchev–Trinajstić information content (AvgIpc) is 2.78. The second-order valence-corrected chi connectivity index (χ2v) is 6.69. The largest absolute Gasteiger partial charge is 0.497 e. The number of ether oxygens (including phenoxy) is 2. The lowest BCUT2D eigenvalue weighted by molar-refractivity contribution is -0.127. The van der Waals surface area contributed by atoms with Crippen molar-refractivity contribution in [3.05, 3.63) is 95.3 Å². The summed E-state index contributed by atoms with van der Waals surface area (Å²) in [5.41, 5.74) is 1.79. The van der Waals surface area contributed by atoms with Gasteiger partial charge in [-0.3, -0.25) is 9.59 Å². The first-order valence-corrected chi connectivity index (χ1v) is 9.44. The van der Waals surface area contributed by atoms with Gasteiger partial charge in [-0.15, -0.1) is 0 Å². The Morgan fingerprint density at radius 3 is 1.97 bits per heavy atom. The van der Waals surface area contributed by atoms with Crippen molar-refractivity contribution in [2.75, 3.05) is 7.11 Å². The fourth-order valence-electron chi connectivity index (χ4n) is 2.79. The van der Waals surface area contributed by atoms with Crippen molar-refractivity contribution in [2.45, 2.75) is 19.6 Å². The summed E-state index contributed by atoms with van der Waals surface area (Å²) >= 11 is 0. The molecule has 3 aromatic rings. The number of carbonyl (C=O) groups is 2. The van der Waals surface area contributed by atoms with Crippen LogP contribution in [-0.2, 0) is 11.3 Å². The van der Waals surface area contributed by atoms with E-state index in [0.29, 0.717) is 23.4 Å². The molecule has 1 unspecified atom stereocenters. The topological polar surface area (TPSA) is 64.6 Å². The van der Waals surface area contributed by atoms with Gasteiger partial charge in [-0.25, -0.2) is 4.39 Å². The van der Waals surface area contributed by atoms with E-state index in [0.717, 1.165) is 11.3 Å². The number of halogens is 1. The lowest BCUT2D eigenvalue weighted by Gasteiger charge is -2.15. The quantitative estimate of drug-likeness (QED) is 0.570. The summed E-state index contributed by atoms with van der Waals surface area (Å²) in [6.07, 6.45) is -0.707. The number of rotatable bonds is 8. The van der Waals surface area contributed by atoms with Crippen LogP contribution in [0.15, 0.2) is 72.8 Å². The SMILES string of the molecule is COc1ccc(CNC(=O)C(C)Oc2ccc(C(=O)c3ccc(F)cc3)cc2)cc1. The van der Waals surface area contributed by atoms with E-state index >= 15 is 0 Å². The zero-order chi connectivity index (χ0) is 21.5. The summed E-state index contributed by atoms with van der Waals surface area (Å²) in [5, 5.41) is 2.82. The number of hydrogen-bond donors (Lipinski definition) is 1. The van der Waals surface area contributed by atoms with E-state index in [4.69, 9.17) is 9.47 Å². The van der Waals surface area contributed by atoms with Gasteiger partial charge < -0.3 is 14.8 Å². The molecule has 0 aliphatic carbocycles. The van der Waals surface area contributed by atoms with Gasteiger partial charge in [0.15, 0.2) is 11.9 Å². The van der Waals surface area contributed by atoms with Gasteiger partial charge in [-0.05, 0) is 73.2 Å². The van der Waals surface area contributed by atoms with Crippen LogP contribution in [0.25, 0.3) is 0 Å². The molecule has 0 spiro atoms. The van der Waals surface area contributed by atoms with Gasteiger partial charge in [0.2, 0.25) is 0 Å². The molecule has 0 aromatic heterocycles. The number of benzene rings is 3. The molecular weight excluding hydrogens is 385 g/mol. The third kappa shape index (κ3) is 5.44. The first-order valence-electron chi connectivity index (χ1n) is 9.44. The minimum atomic E-state index is -0.707. The summed E-state index contributed by atoms with van der Waals surface area (Å²) in [7, 11) is 1.60. The first kappa shape index (κ1) is 21.0. The van der Waals surface area contributed by atoms with Gasteiger partial charge in [0.25, 0.3) is 5.91 Å². The fourth-order valence-corrected chi connectivity index (χ4v) is 2.79. The van der Waals surface area contributed by atoms with Crippen LogP contribution >= 0.6 is 0 Å². The molecule has 0 heterocycles. The van der Waals surface area contributed by atoms with E-state index in [1.54, 1.807) is 38.3 Å². The van der Waals surface area contributed by atoms with E-state index < -0.39 is 11.9 Å². The molecular formula is C24H22FNO4. The number of carbonyl (C=O) groups excluding carboxylic acids is 2. The molecule has 0 bridgehead atoms. The van der Waals surface area contributed by atoms with E-state index in [9.17, 15) is 14.0 Å². The average molecular weight is 407 g/mol. The van der Waals surface area contributed by atoms with Crippen LogP contribution in [0.5, 0.6) is 11.5 Å². The number of methoxy groups -OCH3 is 1. The molecule has 3 aromatic carbocycles. The van der Waals surface area contributed by atoms with Gasteiger partial charge in [-0.2, -0.15) is 0 Å². The van der Waals surface area contributed by atoms with E-state index in [1.165, 1.54) is 24.3 Å². The predicted octanol–water partition coefficient (Wildman–Crippen LogP) is 4.15. The smallest absolute Gasteiger partial charge is 0.261 e. The summed E-state index contributed by atoms with van der Waals surface area (Å²) < 4.78 is 23.8. The van der Waals surface area contributed by atoms with Crippen molar-refractivity contribution in [2.24, 2.45) is 0 Å². The third-order valence-electron chi connectivity index (χ3n) is 4.53. The summed E-state index contributed by atoms with van der Waals surface area (Å²) in [5.74, 6) is 0.361. The summed E-state index contributed by atoms with van der Waals surface area (Å²) in [4.78, 5) is 24.7. The molecule has 5 nitrogen and oxygen atoms in total. The molecule has 1 N–H and O–H groups in total. The Balaban J connectivity index is 1.54. The Morgan fingerprint density at radius 2 is 1.40 bits per heavy atom. The van der Waals surface area contributed by atoms with Gasteiger partial charge in [0.1, 0.15) is 17.3 Å². The molecule has 3 rings (SSSR count). The zero-order valence-electron chi connectivity index (χ0n) is 16.7. The molecule has 0 aliphatic heterocycles. The number of amides is 1. The normalized spacial score (nSPS) is 11.4. The maximum absolute atomic E-state index is 13.0. The number of ketones is 1. The molecule has 1 atom stereocenters. The van der Waals surface area contributed by atoms with Crippen LogP contribution in [0.3, 0.4) is 0 Å². The second-order valence-electron chi connectivity index (χ2n) is 6.69. The van der Waals surface area contributed by atoms with Crippen LogP contribution in [0.2, 0.25) is 0 Å². The van der Waals surface area contributed by atoms with Gasteiger partial charge in [0, 0.05) is 17.7 Å². The number of nitrogens with one attached hydrogen (secondary N) is 1. The molecule has 1 amide bonds. The molecule has 0 saturated carbocycles. The highest BCUT2D eigenvalue weighted by atomic mass is 19.1. The second kappa shape index (κ2) is 9.69. The van der Waals surface area contributed by atoms with Crippen molar-refractivity contribution in [3.63, 3.8) is 0 Å². The van der Waals surface area contributed by atoms with Crippen LogP contribution in [0.1, 0.15) is 28.4 Å². The molecule has 154 valence electrons. The zero-order valence-corrected chi connectivity index (χ0v) is 16.7. The van der Waals surface area contributed by atoms with Crippen molar-refractivity contribution in [3.8, 4) is 11.5 Å². The van der Waals surface area contributed by atoms with Crippen LogP contribution < -0.4 is 14.8 Å². The van der Waals surface area contributed by atoms with Crippen molar-refractivity contribution in [1.29, 1.82) is 0 Å². The maximum Gasteiger partial charge on any atom is 0.261 e. The molecule has 0 saturated heterocycles. The van der Waals surface area contributed by atoms with Crippen LogP contribution in [-0.4, -0.2) is 24.9 Å². The van der Waals surface area contributed by atoms with Crippen molar-refractivity contribution < 1.29 is 23.5 Å². The summed E-state index contributed by atoms with van der Waals surface area (Å²) in [6.45, 7) is 2.03. The molecule has 0 fully saturated rings. The lowest BCUT2D eigenvalue weighted by atomic mass is 10.0. The van der Waals surface area contributed by atoms with Crippen molar-refractivity contribution in [1.82, 2.24) is 5.32 Å². The van der Waals surface area contributed by atoms with E-state index in [-0.39, 0.29) is 11.7 Å². The minimum Gasteiger partial charge on any atom is -0.497 e. The monoisotopic (exact) mass is 407 g/mol. The van der Waals surface area contributed by atoms with Crippen molar-refractivity contribution >= 4 is 11.7 Å². The predicted molar refractivity (Wildman–Crippen MR) is 111 cm³/mol. The standard InChI is InChI=1S/C24H22FNO4/c1-16(24(28)26-15-17-3-11-21(29-2)12-4-17)30-22-13-7-19(8-14-22)23(27)18-5-9-20(25)10-6-18/h3-14,16H,15H2,1-2H3,(H,26,28). The molecule has 30 heavy (non-hydrogen) atoms. The minimum absolute atomic E-state index is 0.216. The van der Waals surface area contributed by atoms with E-state index in [2.05, 4.69) is 5.32 Å². The van der Waals surface area contributed by atoms with Crippen LogP contribution in [0, 0.1) is 5.82 Å². The highest BCUT2D eigenvalue weighted by Crippen LogP contribution is 2.17. The Hall–Kier alpha value is -3.67. The van der Waals surface area contributed by atoms with Gasteiger partial charge in [-0.1, -0.05) is 12.1 Å². The lowest BCUT2D eigenvalue weighted by Crippen LogP contribution is -2.35. The Kier molecular flexibility index (Phi) is 6.80. The Labute approximate surface area is 174 Å². The Morgan fingerprint density at radius 1 is 0.867 bits per heavy atom. The highest BCUT2D eigenvalue weighted by molar-refractivity contribution is 6.09.